The van der Waals surface area contributed by atoms with Crippen molar-refractivity contribution in [2.75, 3.05) is 6.54 Å². The summed E-state index contributed by atoms with van der Waals surface area (Å²) in [5, 5.41) is 0. The quantitative estimate of drug-likeness (QED) is 0.758. The van der Waals surface area contributed by atoms with E-state index in [4.69, 9.17) is 5.73 Å². The summed E-state index contributed by atoms with van der Waals surface area (Å²) in [5.74, 6) is -1.76. The number of benzene rings is 1. The first-order valence-corrected chi connectivity index (χ1v) is 3.86. The van der Waals surface area contributed by atoms with E-state index in [1.807, 2.05) is 0 Å². The van der Waals surface area contributed by atoms with E-state index in [2.05, 4.69) is 0 Å². The average molecular weight is 189 g/mol. The van der Waals surface area contributed by atoms with Gasteiger partial charge in [0.2, 0.25) is 0 Å². The van der Waals surface area contributed by atoms with Gasteiger partial charge in [-0.3, -0.25) is 0 Å². The van der Waals surface area contributed by atoms with Crippen molar-refractivity contribution in [3.05, 3.63) is 34.9 Å². The molecule has 0 aliphatic carbocycles. The zero-order valence-electron chi connectivity index (χ0n) is 7.15. The second kappa shape index (κ2) is 3.79. The van der Waals surface area contributed by atoms with Crippen LogP contribution in [0.2, 0.25) is 0 Å². The highest BCUT2D eigenvalue weighted by Gasteiger charge is 2.18. The number of aryl methyl sites for hydroxylation is 1. The van der Waals surface area contributed by atoms with E-state index in [9.17, 15) is 13.2 Å². The maximum atomic E-state index is 13.0. The predicted octanol–water partition coefficient (Wildman–Crippen LogP) is 2.24. The van der Waals surface area contributed by atoms with Gasteiger partial charge in [-0.1, -0.05) is 0 Å². The first-order chi connectivity index (χ1) is 6.06. The smallest absolute Gasteiger partial charge is 0.143 e. The van der Waals surface area contributed by atoms with E-state index in [1.165, 1.54) is 6.92 Å². The largest absolute Gasteiger partial charge is 0.327 e. The summed E-state index contributed by atoms with van der Waals surface area (Å²) in [7, 11) is 0. The fraction of sp³-hybridized carbons (Fsp3) is 0.333. The Kier molecular flexibility index (Phi) is 2.93. The molecule has 0 aliphatic rings. The Morgan fingerprint density at radius 3 is 2.15 bits per heavy atom. The van der Waals surface area contributed by atoms with Gasteiger partial charge in [0, 0.05) is 6.54 Å². The summed E-state index contributed by atoms with van der Waals surface area (Å²) < 4.78 is 38.9. The van der Waals surface area contributed by atoms with Crippen molar-refractivity contribution < 1.29 is 13.2 Å². The molecule has 0 saturated heterocycles. The van der Waals surface area contributed by atoms with Crippen molar-refractivity contribution in [2.24, 2.45) is 5.73 Å². The molecular formula is C9H10F3N. The van der Waals surface area contributed by atoms with Gasteiger partial charge in [0.25, 0.3) is 0 Å². The maximum Gasteiger partial charge on any atom is 0.143 e. The van der Waals surface area contributed by atoms with Gasteiger partial charge in [-0.25, -0.2) is 13.2 Å². The molecular weight excluding hydrogens is 179 g/mol. The fourth-order valence-corrected chi connectivity index (χ4v) is 1.13. The van der Waals surface area contributed by atoms with Crippen molar-refractivity contribution in [3.63, 3.8) is 0 Å². The van der Waals surface area contributed by atoms with Crippen molar-refractivity contribution in [2.45, 2.75) is 13.1 Å². The molecule has 0 aromatic heterocycles. The summed E-state index contributed by atoms with van der Waals surface area (Å²) in [4.78, 5) is 0. The van der Waals surface area contributed by atoms with Crippen molar-refractivity contribution in [1.82, 2.24) is 0 Å². The van der Waals surface area contributed by atoms with E-state index in [1.54, 1.807) is 0 Å². The predicted molar refractivity (Wildman–Crippen MR) is 44.0 cm³/mol. The fourth-order valence-electron chi connectivity index (χ4n) is 1.13. The molecule has 0 saturated carbocycles. The average Bonchev–Trinajstić information content (AvgIpc) is 2.02. The van der Waals surface area contributed by atoms with Gasteiger partial charge in [-0.05, 0) is 24.6 Å². The molecule has 1 rings (SSSR count). The lowest BCUT2D eigenvalue weighted by Crippen LogP contribution is -2.11. The summed E-state index contributed by atoms with van der Waals surface area (Å²) >= 11 is 0. The number of hydrogen-bond acceptors (Lipinski definition) is 1. The highest BCUT2D eigenvalue weighted by Crippen LogP contribution is 2.24. The zero-order valence-corrected chi connectivity index (χ0v) is 7.15. The van der Waals surface area contributed by atoms with Crippen LogP contribution in [0.1, 0.15) is 17.3 Å². The Bertz CT molecular complexity index is 289. The van der Waals surface area contributed by atoms with Crippen LogP contribution in [0.5, 0.6) is 0 Å². The number of hydrogen-bond donors (Lipinski definition) is 1. The minimum Gasteiger partial charge on any atom is -0.327 e. The molecule has 1 atom stereocenters. The molecule has 0 aliphatic heterocycles. The van der Waals surface area contributed by atoms with Crippen molar-refractivity contribution in [1.29, 1.82) is 0 Å². The third kappa shape index (κ3) is 2.01. The van der Waals surface area contributed by atoms with Crippen molar-refractivity contribution in [3.8, 4) is 0 Å². The van der Waals surface area contributed by atoms with E-state index >= 15 is 0 Å². The summed E-state index contributed by atoms with van der Waals surface area (Å²) in [6.07, 6.45) is -1.78. The van der Waals surface area contributed by atoms with Crippen LogP contribution < -0.4 is 5.73 Å². The second-order valence-electron chi connectivity index (χ2n) is 2.85. The van der Waals surface area contributed by atoms with Crippen LogP contribution in [-0.2, 0) is 0 Å². The maximum absolute atomic E-state index is 13.0. The molecule has 0 fully saturated rings. The monoisotopic (exact) mass is 189 g/mol. The normalized spacial score (nSPS) is 13.0. The van der Waals surface area contributed by atoms with E-state index in [0.29, 0.717) is 5.56 Å². The summed E-state index contributed by atoms with van der Waals surface area (Å²) in [6, 6.07) is 2.17. The number of nitrogens with two attached hydrogens (primary N) is 1. The molecule has 1 aromatic carbocycles. The summed E-state index contributed by atoms with van der Waals surface area (Å²) in [5.41, 5.74) is 4.82. The van der Waals surface area contributed by atoms with Gasteiger partial charge in [-0.2, -0.15) is 0 Å². The van der Waals surface area contributed by atoms with Gasteiger partial charge in [0.05, 0.1) is 5.56 Å². The molecule has 1 aromatic rings. The Balaban J connectivity index is 3.20. The molecule has 0 spiro atoms. The van der Waals surface area contributed by atoms with Crippen LogP contribution in [0, 0.1) is 18.6 Å². The summed E-state index contributed by atoms with van der Waals surface area (Å²) in [6.45, 7) is 1.11. The first-order valence-electron chi connectivity index (χ1n) is 3.86. The lowest BCUT2D eigenvalue weighted by atomic mass is 10.1. The highest BCUT2D eigenvalue weighted by atomic mass is 19.2. The molecule has 4 heteroatoms. The van der Waals surface area contributed by atoms with Crippen LogP contribution in [-0.4, -0.2) is 6.54 Å². The Morgan fingerprint density at radius 2 is 1.77 bits per heavy atom. The third-order valence-electron chi connectivity index (χ3n) is 1.74. The van der Waals surface area contributed by atoms with Gasteiger partial charge in [0.1, 0.15) is 17.8 Å². The molecule has 2 N–H and O–H groups in total. The number of rotatable bonds is 2. The van der Waals surface area contributed by atoms with Crippen molar-refractivity contribution >= 4 is 0 Å². The van der Waals surface area contributed by atoms with E-state index in [0.717, 1.165) is 12.1 Å². The van der Waals surface area contributed by atoms with Crippen LogP contribution in [0.4, 0.5) is 13.2 Å². The standard InChI is InChI=1S/C9H10F3N/c1-5-2-6(10)9(7(11)3-5)8(12)4-13/h2-3,8H,4,13H2,1H3. The Hall–Kier alpha value is -1.03. The lowest BCUT2D eigenvalue weighted by Gasteiger charge is -2.08. The van der Waals surface area contributed by atoms with Crippen LogP contribution in [0.25, 0.3) is 0 Å². The molecule has 0 heterocycles. The lowest BCUT2D eigenvalue weighted by molar-refractivity contribution is 0.328. The molecule has 0 radical (unpaired) electrons. The van der Waals surface area contributed by atoms with Gasteiger partial charge < -0.3 is 5.73 Å². The van der Waals surface area contributed by atoms with Crippen LogP contribution in [0.15, 0.2) is 12.1 Å². The molecule has 0 bridgehead atoms. The number of alkyl halides is 1. The molecule has 0 amide bonds. The molecule has 13 heavy (non-hydrogen) atoms. The highest BCUT2D eigenvalue weighted by molar-refractivity contribution is 5.27. The van der Waals surface area contributed by atoms with Gasteiger partial charge >= 0.3 is 0 Å². The second-order valence-corrected chi connectivity index (χ2v) is 2.85. The number of halogens is 3. The van der Waals surface area contributed by atoms with Gasteiger partial charge in [0.15, 0.2) is 0 Å². The van der Waals surface area contributed by atoms with Crippen LogP contribution >= 0.6 is 0 Å². The molecule has 1 nitrogen and oxygen atoms in total. The molecule has 1 unspecified atom stereocenters. The topological polar surface area (TPSA) is 26.0 Å². The minimum atomic E-state index is -1.78. The Morgan fingerprint density at radius 1 is 1.31 bits per heavy atom. The Labute approximate surface area is 74.4 Å². The zero-order chi connectivity index (χ0) is 10.0. The first kappa shape index (κ1) is 10.1. The van der Waals surface area contributed by atoms with E-state index < -0.39 is 29.9 Å². The molecule has 72 valence electrons. The van der Waals surface area contributed by atoms with Crippen LogP contribution in [0.3, 0.4) is 0 Å². The third-order valence-corrected chi connectivity index (χ3v) is 1.74. The van der Waals surface area contributed by atoms with E-state index in [-0.39, 0.29) is 0 Å². The SMILES string of the molecule is Cc1cc(F)c(C(F)CN)c(F)c1. The van der Waals surface area contributed by atoms with Gasteiger partial charge in [-0.15, -0.1) is 0 Å². The minimum absolute atomic E-state index is 0.419.